The van der Waals surface area contributed by atoms with Crippen molar-refractivity contribution in [1.29, 1.82) is 0 Å². The number of benzene rings is 2. The Labute approximate surface area is 114 Å². The topological polar surface area (TPSA) is 29.5 Å². The fourth-order valence-electron chi connectivity index (χ4n) is 2.33. The fourth-order valence-corrected chi connectivity index (χ4v) is 2.33. The average Bonchev–Trinajstić information content (AvgIpc) is 2.46. The highest BCUT2D eigenvalue weighted by molar-refractivity contribution is 5.69. The van der Waals surface area contributed by atoms with Crippen LogP contribution in [0.15, 0.2) is 36.4 Å². The van der Waals surface area contributed by atoms with Gasteiger partial charge in [0.15, 0.2) is 0 Å². The zero-order valence-electron chi connectivity index (χ0n) is 11.7. The van der Waals surface area contributed by atoms with Crippen LogP contribution < -0.4 is 4.74 Å². The van der Waals surface area contributed by atoms with E-state index in [9.17, 15) is 5.11 Å². The van der Waals surface area contributed by atoms with Crippen LogP contribution in [0.5, 0.6) is 5.75 Å². The van der Waals surface area contributed by atoms with Crippen LogP contribution in [0.4, 0.5) is 0 Å². The van der Waals surface area contributed by atoms with E-state index in [1.807, 2.05) is 19.1 Å². The van der Waals surface area contributed by atoms with E-state index in [1.165, 1.54) is 5.56 Å². The molecular weight excluding hydrogens is 236 g/mol. The first-order valence-electron chi connectivity index (χ1n) is 6.57. The molecule has 19 heavy (non-hydrogen) atoms. The summed E-state index contributed by atoms with van der Waals surface area (Å²) < 4.78 is 5.28. The Morgan fingerprint density at radius 3 is 2.47 bits per heavy atom. The highest BCUT2D eigenvalue weighted by Gasteiger charge is 2.07. The molecule has 0 saturated heterocycles. The molecule has 0 radical (unpaired) electrons. The summed E-state index contributed by atoms with van der Waals surface area (Å²) in [6.07, 6.45) is 0.981. The number of hydrogen-bond donors (Lipinski definition) is 1. The van der Waals surface area contributed by atoms with E-state index in [4.69, 9.17) is 4.74 Å². The molecule has 0 aliphatic carbocycles. The van der Waals surface area contributed by atoms with Gasteiger partial charge in [0.2, 0.25) is 0 Å². The van der Waals surface area contributed by atoms with Crippen molar-refractivity contribution in [2.45, 2.75) is 26.9 Å². The number of rotatable bonds is 4. The van der Waals surface area contributed by atoms with Crippen LogP contribution in [0.1, 0.15) is 23.6 Å². The lowest BCUT2D eigenvalue weighted by Gasteiger charge is -2.12. The zero-order chi connectivity index (χ0) is 13.8. The maximum atomic E-state index is 9.55. The number of aryl methyl sites for hydroxylation is 2. The summed E-state index contributed by atoms with van der Waals surface area (Å²) in [5, 5.41) is 9.55. The molecule has 2 aromatic carbocycles. The van der Waals surface area contributed by atoms with E-state index < -0.39 is 0 Å². The molecule has 1 N–H and O–H groups in total. The molecule has 0 saturated carbocycles. The minimum Gasteiger partial charge on any atom is -0.496 e. The molecule has 2 rings (SSSR count). The average molecular weight is 256 g/mol. The van der Waals surface area contributed by atoms with E-state index in [2.05, 4.69) is 31.2 Å². The summed E-state index contributed by atoms with van der Waals surface area (Å²) in [7, 11) is 1.68. The second kappa shape index (κ2) is 5.89. The standard InChI is InChI=1S/C17H20O2/c1-4-13-5-7-16(15(10-13)11-18)14-6-8-17(19-3)12(2)9-14/h5-10,18H,4,11H2,1-3H3. The number of hydrogen-bond acceptors (Lipinski definition) is 2. The monoisotopic (exact) mass is 256 g/mol. The van der Waals surface area contributed by atoms with Crippen LogP contribution in [0, 0.1) is 6.92 Å². The number of aliphatic hydroxyl groups excluding tert-OH is 1. The van der Waals surface area contributed by atoms with Crippen molar-refractivity contribution in [3.63, 3.8) is 0 Å². The highest BCUT2D eigenvalue weighted by atomic mass is 16.5. The van der Waals surface area contributed by atoms with Gasteiger partial charge >= 0.3 is 0 Å². The van der Waals surface area contributed by atoms with Crippen molar-refractivity contribution in [2.75, 3.05) is 7.11 Å². The van der Waals surface area contributed by atoms with Gasteiger partial charge < -0.3 is 9.84 Å². The highest BCUT2D eigenvalue weighted by Crippen LogP contribution is 2.29. The summed E-state index contributed by atoms with van der Waals surface area (Å²) in [5.74, 6) is 0.888. The Kier molecular flexibility index (Phi) is 4.23. The van der Waals surface area contributed by atoms with Gasteiger partial charge in [-0.25, -0.2) is 0 Å². The summed E-state index contributed by atoms with van der Waals surface area (Å²) in [6, 6.07) is 12.4. The van der Waals surface area contributed by atoms with E-state index in [-0.39, 0.29) is 6.61 Å². The van der Waals surface area contributed by atoms with Gasteiger partial charge in [0.1, 0.15) is 5.75 Å². The lowest BCUT2D eigenvalue weighted by Crippen LogP contribution is -1.93. The molecule has 100 valence electrons. The number of methoxy groups -OCH3 is 1. The first-order chi connectivity index (χ1) is 9.19. The normalized spacial score (nSPS) is 10.5. The Bertz CT molecular complexity index is 573. The van der Waals surface area contributed by atoms with Gasteiger partial charge in [-0.15, -0.1) is 0 Å². The van der Waals surface area contributed by atoms with E-state index >= 15 is 0 Å². The molecule has 0 aliphatic heterocycles. The Hall–Kier alpha value is -1.80. The quantitative estimate of drug-likeness (QED) is 0.903. The van der Waals surface area contributed by atoms with E-state index in [0.29, 0.717) is 0 Å². The summed E-state index contributed by atoms with van der Waals surface area (Å²) >= 11 is 0. The third-order valence-electron chi connectivity index (χ3n) is 3.45. The van der Waals surface area contributed by atoms with Gasteiger partial charge in [0, 0.05) is 0 Å². The van der Waals surface area contributed by atoms with Gasteiger partial charge in [0.25, 0.3) is 0 Å². The molecule has 0 aromatic heterocycles. The van der Waals surface area contributed by atoms with Crippen molar-refractivity contribution in [3.05, 3.63) is 53.1 Å². The molecule has 0 unspecified atom stereocenters. The molecule has 0 aliphatic rings. The fraction of sp³-hybridized carbons (Fsp3) is 0.294. The van der Waals surface area contributed by atoms with Crippen LogP contribution in [0.3, 0.4) is 0 Å². The second-order valence-electron chi connectivity index (χ2n) is 4.69. The van der Waals surface area contributed by atoms with Crippen LogP contribution in [0.25, 0.3) is 11.1 Å². The molecule has 0 atom stereocenters. The van der Waals surface area contributed by atoms with Gasteiger partial charge in [-0.1, -0.05) is 31.2 Å². The summed E-state index contributed by atoms with van der Waals surface area (Å²) in [5.41, 5.74) is 5.53. The molecule has 0 amide bonds. The van der Waals surface area contributed by atoms with Gasteiger partial charge in [-0.05, 0) is 53.3 Å². The number of ether oxygens (including phenoxy) is 1. The Morgan fingerprint density at radius 1 is 1.11 bits per heavy atom. The third-order valence-corrected chi connectivity index (χ3v) is 3.45. The molecule has 0 heterocycles. The SMILES string of the molecule is CCc1ccc(-c2ccc(OC)c(C)c2)c(CO)c1. The van der Waals surface area contributed by atoms with Crippen LogP contribution in [-0.4, -0.2) is 12.2 Å². The minimum absolute atomic E-state index is 0.0637. The molecule has 2 aromatic rings. The first-order valence-corrected chi connectivity index (χ1v) is 6.57. The second-order valence-corrected chi connectivity index (χ2v) is 4.69. The first kappa shape index (κ1) is 13.6. The molecule has 0 spiro atoms. The lowest BCUT2D eigenvalue weighted by atomic mass is 9.96. The maximum absolute atomic E-state index is 9.55. The molecule has 2 heteroatoms. The van der Waals surface area contributed by atoms with Crippen molar-refractivity contribution in [1.82, 2.24) is 0 Å². The van der Waals surface area contributed by atoms with E-state index in [1.54, 1.807) is 7.11 Å². The Morgan fingerprint density at radius 2 is 1.89 bits per heavy atom. The van der Waals surface area contributed by atoms with Crippen molar-refractivity contribution >= 4 is 0 Å². The maximum Gasteiger partial charge on any atom is 0.121 e. The van der Waals surface area contributed by atoms with Gasteiger partial charge in [0.05, 0.1) is 13.7 Å². The lowest BCUT2D eigenvalue weighted by molar-refractivity contribution is 0.282. The number of aliphatic hydroxyl groups is 1. The zero-order valence-corrected chi connectivity index (χ0v) is 11.7. The summed E-state index contributed by atoms with van der Waals surface area (Å²) in [6.45, 7) is 4.21. The van der Waals surface area contributed by atoms with Crippen molar-refractivity contribution in [2.24, 2.45) is 0 Å². The largest absolute Gasteiger partial charge is 0.496 e. The van der Waals surface area contributed by atoms with Crippen LogP contribution >= 0.6 is 0 Å². The minimum atomic E-state index is 0.0637. The smallest absolute Gasteiger partial charge is 0.121 e. The predicted octanol–water partition coefficient (Wildman–Crippen LogP) is 3.73. The predicted molar refractivity (Wildman–Crippen MR) is 78.5 cm³/mol. The Balaban J connectivity index is 2.49. The molecular formula is C17H20O2. The van der Waals surface area contributed by atoms with Crippen molar-refractivity contribution in [3.8, 4) is 16.9 Å². The van der Waals surface area contributed by atoms with E-state index in [0.717, 1.165) is 34.4 Å². The van der Waals surface area contributed by atoms with Crippen LogP contribution in [-0.2, 0) is 13.0 Å². The van der Waals surface area contributed by atoms with Crippen LogP contribution in [0.2, 0.25) is 0 Å². The molecule has 0 bridgehead atoms. The molecule has 0 fully saturated rings. The van der Waals surface area contributed by atoms with Gasteiger partial charge in [-0.2, -0.15) is 0 Å². The van der Waals surface area contributed by atoms with Crippen molar-refractivity contribution < 1.29 is 9.84 Å². The van der Waals surface area contributed by atoms with Gasteiger partial charge in [-0.3, -0.25) is 0 Å². The summed E-state index contributed by atoms with van der Waals surface area (Å²) in [4.78, 5) is 0. The third kappa shape index (κ3) is 2.79. The molecule has 2 nitrogen and oxygen atoms in total.